The molecule has 37 heavy (non-hydrogen) atoms. The monoisotopic (exact) mass is 550 g/mol. The molecule has 1 aromatic heterocycles. The van der Waals surface area contributed by atoms with Gasteiger partial charge in [0, 0.05) is 29.7 Å². The molecule has 4 rings (SSSR count). The second kappa shape index (κ2) is 12.2. The maximum atomic E-state index is 12.6. The van der Waals surface area contributed by atoms with E-state index in [-0.39, 0.29) is 18.8 Å². The van der Waals surface area contributed by atoms with E-state index in [1.165, 1.54) is 12.8 Å². The van der Waals surface area contributed by atoms with Crippen LogP contribution in [-0.2, 0) is 15.9 Å². The summed E-state index contributed by atoms with van der Waals surface area (Å²) in [6.07, 6.45) is 6.46. The molecular formula is C27H36ClN2O6P. The highest BCUT2D eigenvalue weighted by molar-refractivity contribution is 7.52. The van der Waals surface area contributed by atoms with E-state index in [1.807, 2.05) is 25.1 Å². The van der Waals surface area contributed by atoms with Crippen molar-refractivity contribution < 1.29 is 28.6 Å². The predicted molar refractivity (Wildman–Crippen MR) is 143 cm³/mol. The number of carbonyl (C=O) groups is 1. The Morgan fingerprint density at radius 2 is 1.89 bits per heavy atom. The zero-order valence-corrected chi connectivity index (χ0v) is 23.1. The number of amides is 1. The normalized spacial score (nSPS) is 20.6. The largest absolute Gasteiger partial charge is 0.489 e. The molecule has 2 atom stereocenters. The van der Waals surface area contributed by atoms with Crippen molar-refractivity contribution in [1.82, 2.24) is 9.88 Å². The molecule has 1 heterocycles. The summed E-state index contributed by atoms with van der Waals surface area (Å²) in [7, 11) is -2.35. The minimum absolute atomic E-state index is 0.0779. The molecule has 202 valence electrons. The van der Waals surface area contributed by atoms with Crippen molar-refractivity contribution in [3.8, 4) is 17.0 Å². The number of hydrogen-bond donors (Lipinski definition) is 2. The van der Waals surface area contributed by atoms with E-state index >= 15 is 0 Å². The van der Waals surface area contributed by atoms with Gasteiger partial charge in [0.25, 0.3) is 0 Å². The summed E-state index contributed by atoms with van der Waals surface area (Å²) in [4.78, 5) is 38.1. The van der Waals surface area contributed by atoms with Crippen LogP contribution in [0.5, 0.6) is 5.75 Å². The van der Waals surface area contributed by atoms with Gasteiger partial charge in [-0.15, -0.1) is 0 Å². The zero-order chi connectivity index (χ0) is 26.6. The molecule has 0 saturated heterocycles. The van der Waals surface area contributed by atoms with Gasteiger partial charge in [0.05, 0.1) is 23.2 Å². The van der Waals surface area contributed by atoms with Crippen LogP contribution in [0.4, 0.5) is 4.79 Å². The summed E-state index contributed by atoms with van der Waals surface area (Å²) >= 11 is 6.26. The van der Waals surface area contributed by atoms with Gasteiger partial charge in [0.2, 0.25) is 0 Å². The average Bonchev–Trinajstić information content (AvgIpc) is 3.36. The van der Waals surface area contributed by atoms with E-state index in [0.717, 1.165) is 30.4 Å². The quantitative estimate of drug-likeness (QED) is 0.369. The van der Waals surface area contributed by atoms with Crippen molar-refractivity contribution in [1.29, 1.82) is 0 Å². The molecule has 0 bridgehead atoms. The first-order valence-electron chi connectivity index (χ1n) is 13.0. The molecule has 2 fully saturated rings. The van der Waals surface area contributed by atoms with Crippen molar-refractivity contribution in [2.45, 2.75) is 76.7 Å². The number of carbonyl (C=O) groups excluding carboxylic acids is 1. The summed E-state index contributed by atoms with van der Waals surface area (Å²) in [5.74, 6) is 1.14. The van der Waals surface area contributed by atoms with Gasteiger partial charge in [-0.1, -0.05) is 30.5 Å². The Hall–Kier alpha value is -2.12. The Kier molecular flexibility index (Phi) is 9.17. The van der Waals surface area contributed by atoms with E-state index in [2.05, 4.69) is 0 Å². The number of hydrogen-bond acceptors (Lipinski definition) is 5. The highest BCUT2D eigenvalue weighted by Gasteiger charge is 2.35. The molecule has 10 heteroatoms. The lowest BCUT2D eigenvalue weighted by Gasteiger charge is -2.30. The molecule has 0 radical (unpaired) electrons. The Morgan fingerprint density at radius 1 is 1.14 bits per heavy atom. The van der Waals surface area contributed by atoms with Crippen LogP contribution in [-0.4, -0.2) is 51.1 Å². The van der Waals surface area contributed by atoms with Gasteiger partial charge in [-0.3, -0.25) is 4.57 Å². The second-order valence-corrected chi connectivity index (χ2v) is 12.7. The van der Waals surface area contributed by atoms with Gasteiger partial charge in [-0.2, -0.15) is 0 Å². The molecule has 8 nitrogen and oxygen atoms in total. The Labute approximate surface area is 223 Å². The minimum atomic E-state index is -4.13. The molecular weight excluding hydrogens is 515 g/mol. The summed E-state index contributed by atoms with van der Waals surface area (Å²) in [6, 6.07) is 9.10. The van der Waals surface area contributed by atoms with Crippen LogP contribution >= 0.6 is 19.2 Å². The van der Waals surface area contributed by atoms with Crippen LogP contribution in [0.1, 0.15) is 62.6 Å². The molecule has 0 aliphatic heterocycles. The fourth-order valence-electron chi connectivity index (χ4n) is 5.37. The fraction of sp³-hybridized carbons (Fsp3) is 0.556. The Balaban J connectivity index is 1.43. The summed E-state index contributed by atoms with van der Waals surface area (Å²) in [6.45, 7) is 2.63. The Morgan fingerprint density at radius 3 is 2.59 bits per heavy atom. The van der Waals surface area contributed by atoms with E-state index in [9.17, 15) is 19.1 Å². The van der Waals surface area contributed by atoms with Crippen molar-refractivity contribution in [3.05, 3.63) is 46.6 Å². The fourth-order valence-corrected chi connectivity index (χ4v) is 6.59. The summed E-state index contributed by atoms with van der Waals surface area (Å²) in [5.41, 5.74) is 2.28. The van der Waals surface area contributed by atoms with Crippen LogP contribution in [0.3, 0.4) is 0 Å². The summed E-state index contributed by atoms with van der Waals surface area (Å²) in [5, 5.41) is 0.544. The minimum Gasteiger partial charge on any atom is -0.489 e. The maximum absolute atomic E-state index is 12.6. The van der Waals surface area contributed by atoms with Gasteiger partial charge < -0.3 is 24.2 Å². The third-order valence-corrected chi connectivity index (χ3v) is 9.07. The molecule has 2 aromatic rings. The van der Waals surface area contributed by atoms with E-state index < -0.39 is 13.3 Å². The van der Waals surface area contributed by atoms with Crippen LogP contribution < -0.4 is 4.74 Å². The lowest BCUT2D eigenvalue weighted by atomic mass is 9.97. The first-order chi connectivity index (χ1) is 17.6. The number of aryl methyl sites for hydroxylation is 1. The molecule has 2 aliphatic carbocycles. The van der Waals surface area contributed by atoms with Gasteiger partial charge in [-0.05, 0) is 75.6 Å². The third kappa shape index (κ3) is 7.47. The Bertz CT molecular complexity index is 1150. The lowest BCUT2D eigenvalue weighted by Crippen LogP contribution is -2.31. The number of benzene rings is 1. The van der Waals surface area contributed by atoms with Crippen LogP contribution in [0, 0.1) is 12.8 Å². The van der Waals surface area contributed by atoms with Crippen molar-refractivity contribution in [2.24, 2.45) is 5.92 Å². The van der Waals surface area contributed by atoms with Crippen LogP contribution in [0.15, 0.2) is 30.3 Å². The molecule has 2 aliphatic rings. The van der Waals surface area contributed by atoms with E-state index in [4.69, 9.17) is 26.1 Å². The predicted octanol–water partition coefficient (Wildman–Crippen LogP) is 6.34. The van der Waals surface area contributed by atoms with Crippen LogP contribution in [0.25, 0.3) is 11.3 Å². The highest BCUT2D eigenvalue weighted by Crippen LogP contribution is 2.48. The SMILES string of the molecule is Cc1nc(-c2ccc(Cl)cc2COC(=O)N(C)CC2CCCC2)ccc1OC1CCCC(P(=O)(O)O)C1. The standard InChI is InChI=1S/C27H36ClN2O6P/c1-18-26(36-22-8-5-9-23(15-22)37(32,33)34)13-12-25(29-18)24-11-10-21(28)14-20(24)17-35-27(31)30(2)16-19-6-3-4-7-19/h10-14,19,22-23H,3-9,15-17H2,1-2H3,(H2,32,33,34). The first kappa shape index (κ1) is 27.9. The lowest BCUT2D eigenvalue weighted by molar-refractivity contribution is 0.0998. The van der Waals surface area contributed by atoms with Gasteiger partial charge in [-0.25, -0.2) is 9.78 Å². The molecule has 1 aromatic carbocycles. The van der Waals surface area contributed by atoms with Gasteiger partial charge in [0.1, 0.15) is 12.4 Å². The number of aromatic nitrogens is 1. The molecule has 2 unspecified atom stereocenters. The summed E-state index contributed by atoms with van der Waals surface area (Å²) < 4.78 is 23.4. The first-order valence-corrected chi connectivity index (χ1v) is 15.0. The van der Waals surface area contributed by atoms with Crippen molar-refractivity contribution >= 4 is 25.3 Å². The van der Waals surface area contributed by atoms with Crippen LogP contribution in [0.2, 0.25) is 5.02 Å². The zero-order valence-electron chi connectivity index (χ0n) is 21.4. The molecule has 2 N–H and O–H groups in total. The number of ether oxygens (including phenoxy) is 2. The van der Waals surface area contributed by atoms with Crippen molar-refractivity contribution in [2.75, 3.05) is 13.6 Å². The highest BCUT2D eigenvalue weighted by atomic mass is 35.5. The number of nitrogens with zero attached hydrogens (tertiary/aromatic N) is 2. The van der Waals surface area contributed by atoms with E-state index in [1.54, 1.807) is 24.1 Å². The topological polar surface area (TPSA) is 109 Å². The average molecular weight is 551 g/mol. The smallest absolute Gasteiger partial charge is 0.409 e. The molecule has 2 saturated carbocycles. The number of rotatable bonds is 8. The van der Waals surface area contributed by atoms with Gasteiger partial charge in [0.15, 0.2) is 0 Å². The molecule has 1 amide bonds. The number of halogens is 1. The maximum Gasteiger partial charge on any atom is 0.409 e. The third-order valence-electron chi connectivity index (χ3n) is 7.42. The van der Waals surface area contributed by atoms with E-state index in [0.29, 0.717) is 53.9 Å². The van der Waals surface area contributed by atoms with Crippen molar-refractivity contribution in [3.63, 3.8) is 0 Å². The molecule has 0 spiro atoms. The number of pyridine rings is 1. The second-order valence-electron chi connectivity index (χ2n) is 10.3. The van der Waals surface area contributed by atoms with Gasteiger partial charge >= 0.3 is 13.7 Å².